The zero-order valence-corrected chi connectivity index (χ0v) is 13.7. The summed E-state index contributed by atoms with van der Waals surface area (Å²) in [6.07, 6.45) is 6.77. The number of carbonyl (C=O) groups excluding carboxylic acids is 1. The zero-order valence-electron chi connectivity index (χ0n) is 13.7. The molecular weight excluding hydrogens is 294 g/mol. The Balaban J connectivity index is 1.67. The second-order valence-corrected chi connectivity index (χ2v) is 6.25. The number of piperidine rings is 1. The standard InChI is InChI=1S/C16H23N5O2/c1-3-12-5-4-7-20(10-12)14(22)6-8-21-11-17-15-13(16(21)23)9-18-19(15)2/h9,11-12H,3-8,10H2,1-2H3. The first-order valence-electron chi connectivity index (χ1n) is 8.25. The molecule has 23 heavy (non-hydrogen) atoms. The van der Waals surface area contributed by atoms with Crippen molar-refractivity contribution in [1.29, 1.82) is 0 Å². The highest BCUT2D eigenvalue weighted by Crippen LogP contribution is 2.19. The largest absolute Gasteiger partial charge is 0.342 e. The van der Waals surface area contributed by atoms with Crippen LogP contribution in [-0.2, 0) is 18.4 Å². The van der Waals surface area contributed by atoms with Gasteiger partial charge in [0.05, 0.1) is 12.5 Å². The van der Waals surface area contributed by atoms with Crippen molar-refractivity contribution in [3.05, 3.63) is 22.9 Å². The molecule has 7 nitrogen and oxygen atoms in total. The smallest absolute Gasteiger partial charge is 0.264 e. The van der Waals surface area contributed by atoms with Gasteiger partial charge in [-0.05, 0) is 18.8 Å². The van der Waals surface area contributed by atoms with Crippen LogP contribution in [0.15, 0.2) is 17.3 Å². The molecule has 1 fully saturated rings. The van der Waals surface area contributed by atoms with Gasteiger partial charge in [0, 0.05) is 33.1 Å². The van der Waals surface area contributed by atoms with Crippen molar-refractivity contribution in [1.82, 2.24) is 24.2 Å². The van der Waals surface area contributed by atoms with E-state index in [0.717, 1.165) is 25.9 Å². The van der Waals surface area contributed by atoms with E-state index in [1.54, 1.807) is 11.7 Å². The van der Waals surface area contributed by atoms with Crippen LogP contribution in [0, 0.1) is 5.92 Å². The van der Waals surface area contributed by atoms with Gasteiger partial charge in [-0.3, -0.25) is 18.8 Å². The average Bonchev–Trinajstić information content (AvgIpc) is 2.96. The fraction of sp³-hybridized carbons (Fsp3) is 0.625. The van der Waals surface area contributed by atoms with Crippen molar-refractivity contribution < 1.29 is 4.79 Å². The number of amides is 1. The van der Waals surface area contributed by atoms with Gasteiger partial charge in [0.2, 0.25) is 5.91 Å². The van der Waals surface area contributed by atoms with Gasteiger partial charge < -0.3 is 4.90 Å². The molecule has 124 valence electrons. The molecule has 1 aliphatic heterocycles. The SMILES string of the molecule is CCC1CCCN(C(=O)CCn2cnc3c(cnn3C)c2=O)C1. The average molecular weight is 317 g/mol. The minimum atomic E-state index is -0.138. The van der Waals surface area contributed by atoms with E-state index in [2.05, 4.69) is 17.0 Å². The van der Waals surface area contributed by atoms with E-state index in [0.29, 0.717) is 29.9 Å². The molecule has 0 N–H and O–H groups in total. The molecule has 1 atom stereocenters. The summed E-state index contributed by atoms with van der Waals surface area (Å²) in [7, 11) is 1.75. The van der Waals surface area contributed by atoms with Crippen LogP contribution in [0.25, 0.3) is 11.0 Å². The maximum atomic E-state index is 12.4. The zero-order chi connectivity index (χ0) is 16.4. The lowest BCUT2D eigenvalue weighted by Crippen LogP contribution is -2.40. The molecule has 0 spiro atoms. The lowest BCUT2D eigenvalue weighted by molar-refractivity contribution is -0.133. The van der Waals surface area contributed by atoms with Gasteiger partial charge in [-0.15, -0.1) is 0 Å². The number of carbonyl (C=O) groups is 1. The summed E-state index contributed by atoms with van der Waals surface area (Å²) in [6, 6.07) is 0. The fourth-order valence-electron chi connectivity index (χ4n) is 3.22. The molecule has 1 amide bonds. The summed E-state index contributed by atoms with van der Waals surface area (Å²) < 4.78 is 3.08. The van der Waals surface area contributed by atoms with Crippen LogP contribution >= 0.6 is 0 Å². The van der Waals surface area contributed by atoms with Crippen LogP contribution in [-0.4, -0.2) is 43.2 Å². The summed E-state index contributed by atoms with van der Waals surface area (Å²) in [6.45, 7) is 4.23. The summed E-state index contributed by atoms with van der Waals surface area (Å²) >= 11 is 0. The van der Waals surface area contributed by atoms with Crippen molar-refractivity contribution in [2.24, 2.45) is 13.0 Å². The number of likely N-dealkylation sites (tertiary alicyclic amines) is 1. The van der Waals surface area contributed by atoms with Gasteiger partial charge in [-0.2, -0.15) is 5.10 Å². The molecule has 3 heterocycles. The summed E-state index contributed by atoms with van der Waals surface area (Å²) in [5, 5.41) is 4.54. The molecule has 0 bridgehead atoms. The quantitative estimate of drug-likeness (QED) is 0.848. The Kier molecular flexibility index (Phi) is 4.45. The Bertz CT molecular complexity index is 763. The molecule has 7 heteroatoms. The van der Waals surface area contributed by atoms with Gasteiger partial charge in [0.15, 0.2) is 5.65 Å². The molecule has 2 aromatic rings. The third kappa shape index (κ3) is 3.13. The third-order valence-electron chi connectivity index (χ3n) is 4.73. The van der Waals surface area contributed by atoms with E-state index < -0.39 is 0 Å². The predicted octanol–water partition coefficient (Wildman–Crippen LogP) is 1.17. The molecule has 0 aliphatic carbocycles. The van der Waals surface area contributed by atoms with Crippen molar-refractivity contribution >= 4 is 16.9 Å². The number of fused-ring (bicyclic) bond motifs is 1. The minimum absolute atomic E-state index is 0.126. The second kappa shape index (κ2) is 6.52. The normalized spacial score (nSPS) is 18.5. The summed E-state index contributed by atoms with van der Waals surface area (Å²) in [4.78, 5) is 31.0. The molecule has 3 rings (SSSR count). The van der Waals surface area contributed by atoms with Crippen molar-refractivity contribution in [3.8, 4) is 0 Å². The number of nitrogens with zero attached hydrogens (tertiary/aromatic N) is 5. The van der Waals surface area contributed by atoms with E-state index in [1.165, 1.54) is 23.5 Å². The molecule has 1 saturated heterocycles. The van der Waals surface area contributed by atoms with Crippen LogP contribution in [0.2, 0.25) is 0 Å². The maximum Gasteiger partial charge on any atom is 0.264 e. The van der Waals surface area contributed by atoms with Crippen LogP contribution < -0.4 is 5.56 Å². The molecule has 1 unspecified atom stereocenters. The highest BCUT2D eigenvalue weighted by Gasteiger charge is 2.22. The molecular formula is C16H23N5O2. The van der Waals surface area contributed by atoms with Gasteiger partial charge >= 0.3 is 0 Å². The molecule has 0 saturated carbocycles. The Morgan fingerprint density at radius 2 is 2.26 bits per heavy atom. The highest BCUT2D eigenvalue weighted by molar-refractivity contribution is 5.76. The lowest BCUT2D eigenvalue weighted by atomic mass is 9.95. The summed E-state index contributed by atoms with van der Waals surface area (Å²) in [5.74, 6) is 0.741. The lowest BCUT2D eigenvalue weighted by Gasteiger charge is -2.32. The first kappa shape index (κ1) is 15.7. The molecule has 0 radical (unpaired) electrons. The molecule has 1 aliphatic rings. The van der Waals surface area contributed by atoms with E-state index in [-0.39, 0.29) is 11.5 Å². The minimum Gasteiger partial charge on any atom is -0.342 e. The predicted molar refractivity (Wildman–Crippen MR) is 87.0 cm³/mol. The monoisotopic (exact) mass is 317 g/mol. The Labute approximate surface area is 134 Å². The Morgan fingerprint density at radius 3 is 3.04 bits per heavy atom. The second-order valence-electron chi connectivity index (χ2n) is 6.25. The van der Waals surface area contributed by atoms with Crippen LogP contribution in [0.4, 0.5) is 0 Å². The third-order valence-corrected chi connectivity index (χ3v) is 4.73. The molecule has 0 aromatic carbocycles. The van der Waals surface area contributed by atoms with Crippen LogP contribution in [0.3, 0.4) is 0 Å². The van der Waals surface area contributed by atoms with Crippen LogP contribution in [0.5, 0.6) is 0 Å². The number of hydrogen-bond acceptors (Lipinski definition) is 4. The topological polar surface area (TPSA) is 73.0 Å². The first-order chi connectivity index (χ1) is 11.1. The maximum absolute atomic E-state index is 12.4. The highest BCUT2D eigenvalue weighted by atomic mass is 16.2. The number of rotatable bonds is 4. The van der Waals surface area contributed by atoms with Crippen molar-refractivity contribution in [2.45, 2.75) is 39.2 Å². The van der Waals surface area contributed by atoms with Gasteiger partial charge in [-0.1, -0.05) is 13.3 Å². The van der Waals surface area contributed by atoms with Gasteiger partial charge in [0.25, 0.3) is 5.56 Å². The van der Waals surface area contributed by atoms with E-state index in [1.807, 2.05) is 4.90 Å². The first-order valence-corrected chi connectivity index (χ1v) is 8.25. The number of aryl methyl sites for hydroxylation is 2. The van der Waals surface area contributed by atoms with Crippen molar-refractivity contribution in [2.75, 3.05) is 13.1 Å². The van der Waals surface area contributed by atoms with E-state index in [4.69, 9.17) is 0 Å². The van der Waals surface area contributed by atoms with E-state index in [9.17, 15) is 9.59 Å². The number of hydrogen-bond donors (Lipinski definition) is 0. The van der Waals surface area contributed by atoms with Crippen molar-refractivity contribution in [3.63, 3.8) is 0 Å². The Morgan fingerprint density at radius 1 is 1.43 bits per heavy atom. The van der Waals surface area contributed by atoms with E-state index >= 15 is 0 Å². The Hall–Kier alpha value is -2.18. The van der Waals surface area contributed by atoms with Crippen LogP contribution in [0.1, 0.15) is 32.6 Å². The number of aromatic nitrogens is 4. The fourth-order valence-corrected chi connectivity index (χ4v) is 3.22. The van der Waals surface area contributed by atoms with Gasteiger partial charge in [-0.25, -0.2) is 4.98 Å². The molecule has 2 aromatic heterocycles. The summed E-state index contributed by atoms with van der Waals surface area (Å²) in [5.41, 5.74) is 0.431. The van der Waals surface area contributed by atoms with Gasteiger partial charge in [0.1, 0.15) is 5.39 Å².